The van der Waals surface area contributed by atoms with Crippen LogP contribution in [0.3, 0.4) is 0 Å². The van der Waals surface area contributed by atoms with Gasteiger partial charge in [0.15, 0.2) is 0 Å². The largest absolute Gasteiger partial charge is 0.380 e. The second-order valence-electron chi connectivity index (χ2n) is 7.23. The van der Waals surface area contributed by atoms with E-state index in [1.807, 2.05) is 19.2 Å². The number of rotatable bonds is 5. The Hall–Kier alpha value is -1.50. The highest BCUT2D eigenvalue weighted by atomic mass is 19.1. The number of piperidine rings is 1. The first kappa shape index (κ1) is 18.3. The summed E-state index contributed by atoms with van der Waals surface area (Å²) in [7, 11) is 3.68. The number of halogens is 1. The van der Waals surface area contributed by atoms with Gasteiger partial charge < -0.3 is 10.1 Å². The quantitative estimate of drug-likeness (QED) is 0.878. The Morgan fingerprint density at radius 1 is 1.28 bits per heavy atom. The summed E-state index contributed by atoms with van der Waals surface area (Å²) in [5.74, 6) is -0.0724. The average Bonchev–Trinajstić information content (AvgIpc) is 3.00. The van der Waals surface area contributed by atoms with E-state index in [1.165, 1.54) is 12.1 Å². The number of nitrogens with zero attached hydrogens (tertiary/aromatic N) is 2. The first-order chi connectivity index (χ1) is 12.0. The van der Waals surface area contributed by atoms with Crippen LogP contribution in [0.15, 0.2) is 24.3 Å². The molecule has 0 bridgehead atoms. The molecular formula is C19H28FN3O2. The molecule has 2 saturated heterocycles. The van der Waals surface area contributed by atoms with Gasteiger partial charge in [0.1, 0.15) is 5.82 Å². The Morgan fingerprint density at radius 3 is 2.56 bits per heavy atom. The summed E-state index contributed by atoms with van der Waals surface area (Å²) in [6.45, 7) is 3.54. The van der Waals surface area contributed by atoms with Crippen LogP contribution >= 0.6 is 0 Å². The van der Waals surface area contributed by atoms with Gasteiger partial charge in [0.05, 0.1) is 12.1 Å². The third kappa shape index (κ3) is 4.77. The highest BCUT2D eigenvalue weighted by Crippen LogP contribution is 2.20. The summed E-state index contributed by atoms with van der Waals surface area (Å²) in [6.07, 6.45) is 2.83. The maximum absolute atomic E-state index is 13.0. The van der Waals surface area contributed by atoms with Crippen LogP contribution in [0.1, 0.15) is 24.8 Å². The molecule has 2 aliphatic heterocycles. The van der Waals surface area contributed by atoms with Crippen LogP contribution in [0.4, 0.5) is 4.39 Å². The lowest BCUT2D eigenvalue weighted by Crippen LogP contribution is -2.49. The molecule has 1 aromatic carbocycles. The van der Waals surface area contributed by atoms with Crippen LogP contribution in [0, 0.1) is 5.82 Å². The first-order valence-electron chi connectivity index (χ1n) is 9.05. The summed E-state index contributed by atoms with van der Waals surface area (Å²) in [5, 5.41) is 3.22. The van der Waals surface area contributed by atoms with Gasteiger partial charge in [-0.05, 0) is 44.0 Å². The Morgan fingerprint density at radius 2 is 1.96 bits per heavy atom. The van der Waals surface area contributed by atoms with E-state index in [0.717, 1.165) is 51.0 Å². The fraction of sp³-hybridized carbons (Fsp3) is 0.632. The number of ether oxygens (including phenoxy) is 1. The topological polar surface area (TPSA) is 44.8 Å². The van der Waals surface area contributed by atoms with Gasteiger partial charge in [-0.1, -0.05) is 12.1 Å². The van der Waals surface area contributed by atoms with Crippen molar-refractivity contribution in [2.24, 2.45) is 0 Å². The molecule has 0 spiro atoms. The lowest BCUT2D eigenvalue weighted by Gasteiger charge is -2.33. The zero-order valence-corrected chi connectivity index (χ0v) is 15.1. The zero-order chi connectivity index (χ0) is 17.8. The van der Waals surface area contributed by atoms with E-state index in [0.29, 0.717) is 0 Å². The monoisotopic (exact) mass is 349 g/mol. The highest BCUT2D eigenvalue weighted by molar-refractivity contribution is 5.82. The molecule has 138 valence electrons. The number of amides is 1. The number of nitrogens with one attached hydrogen (secondary N) is 1. The van der Waals surface area contributed by atoms with Gasteiger partial charge >= 0.3 is 0 Å². The van der Waals surface area contributed by atoms with Crippen molar-refractivity contribution < 1.29 is 13.9 Å². The van der Waals surface area contributed by atoms with E-state index in [1.54, 1.807) is 7.11 Å². The molecule has 0 aromatic heterocycles. The zero-order valence-electron chi connectivity index (χ0n) is 15.1. The molecular weight excluding hydrogens is 321 g/mol. The number of likely N-dealkylation sites (tertiary alicyclic amines) is 2. The van der Waals surface area contributed by atoms with Crippen molar-refractivity contribution >= 4 is 5.91 Å². The molecule has 0 radical (unpaired) electrons. The van der Waals surface area contributed by atoms with Gasteiger partial charge in [0.25, 0.3) is 0 Å². The minimum Gasteiger partial charge on any atom is -0.380 e. The van der Waals surface area contributed by atoms with Crippen molar-refractivity contribution in [1.29, 1.82) is 0 Å². The Kier molecular flexibility index (Phi) is 6.04. The van der Waals surface area contributed by atoms with E-state index in [-0.39, 0.29) is 29.9 Å². The molecule has 25 heavy (non-hydrogen) atoms. The molecule has 2 aliphatic rings. The average molecular weight is 349 g/mol. The summed E-state index contributed by atoms with van der Waals surface area (Å²) in [4.78, 5) is 17.0. The normalized spacial score (nSPS) is 26.0. The van der Waals surface area contributed by atoms with Crippen LogP contribution in [-0.4, -0.2) is 67.7 Å². The van der Waals surface area contributed by atoms with E-state index in [2.05, 4.69) is 15.1 Å². The smallest absolute Gasteiger partial charge is 0.237 e. The molecule has 6 heteroatoms. The van der Waals surface area contributed by atoms with Crippen molar-refractivity contribution in [2.45, 2.75) is 44.0 Å². The Labute approximate surface area is 149 Å². The van der Waals surface area contributed by atoms with Gasteiger partial charge in [-0.3, -0.25) is 14.6 Å². The minimum absolute atomic E-state index is 0.0813. The second-order valence-corrected chi connectivity index (χ2v) is 7.23. The van der Waals surface area contributed by atoms with Gasteiger partial charge in [-0.2, -0.15) is 0 Å². The number of hydrogen-bond acceptors (Lipinski definition) is 4. The number of methoxy groups -OCH3 is 1. The maximum atomic E-state index is 13.0. The fourth-order valence-corrected chi connectivity index (χ4v) is 3.81. The van der Waals surface area contributed by atoms with Crippen LogP contribution < -0.4 is 5.32 Å². The van der Waals surface area contributed by atoms with Gasteiger partial charge in [0, 0.05) is 39.3 Å². The number of hydrogen-bond donors (Lipinski definition) is 1. The van der Waals surface area contributed by atoms with E-state index < -0.39 is 0 Å². The van der Waals surface area contributed by atoms with Crippen molar-refractivity contribution in [3.8, 4) is 0 Å². The highest BCUT2D eigenvalue weighted by Gasteiger charge is 2.35. The SMILES string of the molecule is CO[C@H]1C[C@@H](C(=O)NC2CCN(Cc3ccc(F)cc3)CC2)N(C)C1. The van der Waals surface area contributed by atoms with Gasteiger partial charge in [-0.15, -0.1) is 0 Å². The van der Waals surface area contributed by atoms with Crippen molar-refractivity contribution in [3.05, 3.63) is 35.6 Å². The standard InChI is InChI=1S/C19H28FN3O2/c1-22-13-17(25-2)11-18(22)19(24)21-16-7-9-23(10-8-16)12-14-3-5-15(20)6-4-14/h3-6,16-18H,7-13H2,1-2H3,(H,21,24)/t17-,18-/m0/s1. The molecule has 0 aliphatic carbocycles. The molecule has 5 nitrogen and oxygen atoms in total. The van der Waals surface area contributed by atoms with Crippen LogP contribution in [-0.2, 0) is 16.1 Å². The third-order valence-corrected chi connectivity index (χ3v) is 5.40. The maximum Gasteiger partial charge on any atom is 0.237 e. The summed E-state index contributed by atoms with van der Waals surface area (Å²) in [6, 6.07) is 6.85. The van der Waals surface area contributed by atoms with E-state index in [9.17, 15) is 9.18 Å². The molecule has 1 aromatic rings. The molecule has 2 fully saturated rings. The number of likely N-dealkylation sites (N-methyl/N-ethyl adjacent to an activating group) is 1. The summed E-state index contributed by atoms with van der Waals surface area (Å²) in [5.41, 5.74) is 1.13. The number of carbonyl (C=O) groups excluding carboxylic acids is 1. The third-order valence-electron chi connectivity index (χ3n) is 5.40. The van der Waals surface area contributed by atoms with E-state index >= 15 is 0 Å². The van der Waals surface area contributed by atoms with Crippen molar-refractivity contribution in [2.75, 3.05) is 33.8 Å². The van der Waals surface area contributed by atoms with E-state index in [4.69, 9.17) is 4.74 Å². The van der Waals surface area contributed by atoms with Crippen molar-refractivity contribution in [3.63, 3.8) is 0 Å². The molecule has 0 unspecified atom stereocenters. The molecule has 1 N–H and O–H groups in total. The molecule has 2 heterocycles. The number of benzene rings is 1. The summed E-state index contributed by atoms with van der Waals surface area (Å²) < 4.78 is 18.4. The molecule has 0 saturated carbocycles. The fourth-order valence-electron chi connectivity index (χ4n) is 3.81. The van der Waals surface area contributed by atoms with Crippen molar-refractivity contribution in [1.82, 2.24) is 15.1 Å². The van der Waals surface area contributed by atoms with Gasteiger partial charge in [0.2, 0.25) is 5.91 Å². The van der Waals surface area contributed by atoms with Crippen LogP contribution in [0.5, 0.6) is 0 Å². The predicted molar refractivity (Wildman–Crippen MR) is 94.7 cm³/mol. The molecule has 1 amide bonds. The predicted octanol–water partition coefficient (Wildman–Crippen LogP) is 1.63. The Balaban J connectivity index is 1.43. The minimum atomic E-state index is -0.197. The summed E-state index contributed by atoms with van der Waals surface area (Å²) >= 11 is 0. The second kappa shape index (κ2) is 8.25. The van der Waals surface area contributed by atoms with Gasteiger partial charge in [-0.25, -0.2) is 4.39 Å². The molecule has 2 atom stereocenters. The lowest BCUT2D eigenvalue weighted by atomic mass is 10.0. The molecule has 3 rings (SSSR count). The Bertz CT molecular complexity index is 573. The van der Waals surface area contributed by atoms with Crippen LogP contribution in [0.2, 0.25) is 0 Å². The van der Waals surface area contributed by atoms with Crippen LogP contribution in [0.25, 0.3) is 0 Å². The number of carbonyl (C=O) groups is 1. The lowest BCUT2D eigenvalue weighted by molar-refractivity contribution is -0.126. The first-order valence-corrected chi connectivity index (χ1v) is 9.05.